The molecule has 31 heavy (non-hydrogen) atoms. The fourth-order valence-corrected chi connectivity index (χ4v) is 4.07. The number of halogens is 1. The lowest BCUT2D eigenvalue weighted by Crippen LogP contribution is -2.53. The van der Waals surface area contributed by atoms with Crippen molar-refractivity contribution in [2.75, 3.05) is 37.7 Å². The fraction of sp³-hybridized carbons (Fsp3) is 0.565. The summed E-state index contributed by atoms with van der Waals surface area (Å²) in [6, 6.07) is 2.93. The minimum atomic E-state index is -1.31. The lowest BCUT2D eigenvalue weighted by Gasteiger charge is -2.35. The van der Waals surface area contributed by atoms with Gasteiger partial charge in [-0.1, -0.05) is 26.2 Å². The molecule has 2 N–H and O–H groups in total. The molecule has 0 saturated carbocycles. The number of aromatic nitrogens is 1. The molecule has 0 amide bonds. The van der Waals surface area contributed by atoms with Gasteiger partial charge < -0.3 is 24.6 Å². The first kappa shape index (κ1) is 23.2. The summed E-state index contributed by atoms with van der Waals surface area (Å²) in [5.74, 6) is -1.82. The van der Waals surface area contributed by atoms with E-state index < -0.39 is 17.2 Å². The molecule has 1 fully saturated rings. The Hall–Kier alpha value is -2.45. The summed E-state index contributed by atoms with van der Waals surface area (Å²) in [6.45, 7) is 7.75. The smallest absolute Gasteiger partial charge is 0.341 e. The number of rotatable bonds is 10. The van der Waals surface area contributed by atoms with Gasteiger partial charge in [-0.05, 0) is 25.5 Å². The van der Waals surface area contributed by atoms with Crippen LogP contribution in [0.4, 0.5) is 10.1 Å². The highest BCUT2D eigenvalue weighted by molar-refractivity contribution is 5.93. The normalized spacial score (nSPS) is 16.7. The summed E-state index contributed by atoms with van der Waals surface area (Å²) >= 11 is 0. The second-order valence-corrected chi connectivity index (χ2v) is 8.02. The van der Waals surface area contributed by atoms with E-state index in [9.17, 15) is 14.7 Å². The van der Waals surface area contributed by atoms with Gasteiger partial charge >= 0.3 is 5.97 Å². The number of carbonyl (C=O) groups is 1. The van der Waals surface area contributed by atoms with Gasteiger partial charge in [-0.15, -0.1) is 0 Å². The Morgan fingerprint density at radius 3 is 2.81 bits per heavy atom. The number of benzene rings is 1. The Bertz CT molecular complexity index is 975. The van der Waals surface area contributed by atoms with Crippen molar-refractivity contribution in [1.29, 1.82) is 0 Å². The number of ether oxygens (including phenoxy) is 1. The average Bonchev–Trinajstić information content (AvgIpc) is 2.76. The van der Waals surface area contributed by atoms with E-state index in [1.54, 1.807) is 10.6 Å². The van der Waals surface area contributed by atoms with Crippen molar-refractivity contribution in [2.24, 2.45) is 0 Å². The Morgan fingerprint density at radius 2 is 2.10 bits per heavy atom. The highest BCUT2D eigenvalue weighted by Gasteiger charge is 2.24. The molecule has 1 aromatic carbocycles. The van der Waals surface area contributed by atoms with E-state index in [0.29, 0.717) is 44.0 Å². The van der Waals surface area contributed by atoms with Crippen LogP contribution in [-0.4, -0.2) is 54.5 Å². The summed E-state index contributed by atoms with van der Waals surface area (Å²) in [7, 11) is 0. The molecule has 1 aliphatic heterocycles. The zero-order valence-corrected chi connectivity index (χ0v) is 18.3. The second-order valence-electron chi connectivity index (χ2n) is 8.02. The Morgan fingerprint density at radius 1 is 1.29 bits per heavy atom. The van der Waals surface area contributed by atoms with Gasteiger partial charge in [0.2, 0.25) is 5.43 Å². The number of nitrogens with one attached hydrogen (secondary N) is 1. The molecule has 1 aliphatic rings. The van der Waals surface area contributed by atoms with Gasteiger partial charge in [-0.3, -0.25) is 4.79 Å². The van der Waals surface area contributed by atoms with E-state index in [-0.39, 0.29) is 17.0 Å². The minimum Gasteiger partial charge on any atom is -0.477 e. The average molecular weight is 434 g/mol. The van der Waals surface area contributed by atoms with Gasteiger partial charge in [-0.25, -0.2) is 9.18 Å². The van der Waals surface area contributed by atoms with E-state index in [2.05, 4.69) is 12.2 Å². The van der Waals surface area contributed by atoms with E-state index in [1.807, 2.05) is 11.8 Å². The third-order valence-corrected chi connectivity index (χ3v) is 5.78. The molecule has 0 bridgehead atoms. The van der Waals surface area contributed by atoms with Crippen molar-refractivity contribution in [2.45, 2.75) is 52.1 Å². The SMILES string of the molecule is CCCCCCOCC1CN(c2cc3c(cc2F)c(=O)c(C(=O)O)cn3CC)CCN1. The van der Waals surface area contributed by atoms with Gasteiger partial charge in [0.05, 0.1) is 17.8 Å². The summed E-state index contributed by atoms with van der Waals surface area (Å²) in [5.41, 5.74) is -0.0464. The largest absolute Gasteiger partial charge is 0.477 e. The van der Waals surface area contributed by atoms with Crippen molar-refractivity contribution in [1.82, 2.24) is 9.88 Å². The highest BCUT2D eigenvalue weighted by Crippen LogP contribution is 2.26. The maximum atomic E-state index is 15.0. The van der Waals surface area contributed by atoms with Crippen LogP contribution in [0.3, 0.4) is 0 Å². The number of nitrogens with zero attached hydrogens (tertiary/aromatic N) is 2. The molecule has 1 saturated heterocycles. The maximum Gasteiger partial charge on any atom is 0.341 e. The Balaban J connectivity index is 1.79. The van der Waals surface area contributed by atoms with Gasteiger partial charge in [0.1, 0.15) is 11.4 Å². The third kappa shape index (κ3) is 5.43. The third-order valence-electron chi connectivity index (χ3n) is 5.78. The Labute approximate surface area is 181 Å². The fourth-order valence-electron chi connectivity index (χ4n) is 4.07. The number of carboxylic acid groups (broad SMARTS) is 1. The molecule has 0 radical (unpaired) electrons. The quantitative estimate of drug-likeness (QED) is 0.560. The number of aromatic carboxylic acids is 1. The number of aryl methyl sites for hydroxylation is 1. The molecule has 0 aliphatic carbocycles. The highest BCUT2D eigenvalue weighted by atomic mass is 19.1. The number of piperazine rings is 1. The van der Waals surface area contributed by atoms with Crippen LogP contribution in [0, 0.1) is 5.82 Å². The van der Waals surface area contributed by atoms with Crippen LogP contribution in [0.5, 0.6) is 0 Å². The maximum absolute atomic E-state index is 15.0. The lowest BCUT2D eigenvalue weighted by atomic mass is 10.1. The van der Waals surface area contributed by atoms with Gasteiger partial charge in [0.15, 0.2) is 0 Å². The molecule has 0 spiro atoms. The van der Waals surface area contributed by atoms with E-state index in [4.69, 9.17) is 4.74 Å². The molecular formula is C23H32FN3O4. The van der Waals surface area contributed by atoms with Crippen LogP contribution in [0.1, 0.15) is 49.9 Å². The zero-order valence-electron chi connectivity index (χ0n) is 18.3. The minimum absolute atomic E-state index is 0.0881. The predicted octanol–water partition coefficient (Wildman–Crippen LogP) is 3.23. The molecule has 8 heteroatoms. The number of fused-ring (bicyclic) bond motifs is 1. The summed E-state index contributed by atoms with van der Waals surface area (Å²) in [5, 5.41) is 12.8. The van der Waals surface area contributed by atoms with Crippen LogP contribution < -0.4 is 15.6 Å². The monoisotopic (exact) mass is 433 g/mol. The van der Waals surface area contributed by atoms with Crippen molar-refractivity contribution >= 4 is 22.6 Å². The molecule has 1 aromatic heterocycles. The van der Waals surface area contributed by atoms with Gasteiger partial charge in [0.25, 0.3) is 0 Å². The van der Waals surface area contributed by atoms with Gasteiger partial charge in [-0.2, -0.15) is 0 Å². The molecule has 170 valence electrons. The molecule has 1 unspecified atom stereocenters. The molecule has 2 heterocycles. The van der Waals surface area contributed by atoms with Crippen molar-refractivity contribution in [3.63, 3.8) is 0 Å². The van der Waals surface area contributed by atoms with E-state index >= 15 is 4.39 Å². The standard InChI is InChI=1S/C23H32FN3O4/c1-3-5-6-7-10-31-15-16-13-27(9-8-25-16)21-12-20-17(11-19(21)24)22(28)18(23(29)30)14-26(20)4-2/h11-12,14,16,25H,3-10,13,15H2,1-2H3,(H,29,30). The molecule has 1 atom stereocenters. The second kappa shape index (κ2) is 10.7. The number of hydrogen-bond donors (Lipinski definition) is 2. The summed E-state index contributed by atoms with van der Waals surface area (Å²) < 4.78 is 22.5. The van der Waals surface area contributed by atoms with Crippen molar-refractivity contribution in [3.05, 3.63) is 39.9 Å². The van der Waals surface area contributed by atoms with Crippen molar-refractivity contribution in [3.8, 4) is 0 Å². The van der Waals surface area contributed by atoms with E-state index in [1.165, 1.54) is 31.5 Å². The first-order chi connectivity index (χ1) is 15.0. The summed E-state index contributed by atoms with van der Waals surface area (Å²) in [6.07, 6.45) is 5.97. The zero-order chi connectivity index (χ0) is 22.4. The number of carboxylic acids is 1. The van der Waals surface area contributed by atoms with Crippen LogP contribution in [0.15, 0.2) is 23.1 Å². The summed E-state index contributed by atoms with van der Waals surface area (Å²) in [4.78, 5) is 25.9. The van der Waals surface area contributed by atoms with Crippen LogP contribution >= 0.6 is 0 Å². The van der Waals surface area contributed by atoms with Gasteiger partial charge in [0, 0.05) is 50.4 Å². The first-order valence-electron chi connectivity index (χ1n) is 11.1. The molecular weight excluding hydrogens is 401 g/mol. The number of unbranched alkanes of at least 4 members (excludes halogenated alkanes) is 3. The van der Waals surface area contributed by atoms with Crippen molar-refractivity contribution < 1.29 is 19.0 Å². The topological polar surface area (TPSA) is 83.8 Å². The molecule has 7 nitrogen and oxygen atoms in total. The predicted molar refractivity (Wildman–Crippen MR) is 120 cm³/mol. The number of pyridine rings is 1. The Kier molecular flexibility index (Phi) is 8.03. The first-order valence-corrected chi connectivity index (χ1v) is 11.1. The van der Waals surface area contributed by atoms with Crippen LogP contribution in [-0.2, 0) is 11.3 Å². The number of hydrogen-bond acceptors (Lipinski definition) is 5. The number of anilines is 1. The molecule has 3 rings (SSSR count). The lowest BCUT2D eigenvalue weighted by molar-refractivity contribution is 0.0695. The van der Waals surface area contributed by atoms with E-state index in [0.717, 1.165) is 13.0 Å². The van der Waals surface area contributed by atoms with Crippen LogP contribution in [0.25, 0.3) is 10.9 Å². The van der Waals surface area contributed by atoms with Crippen LogP contribution in [0.2, 0.25) is 0 Å². The molecule has 2 aromatic rings.